The monoisotopic (exact) mass is 266 g/mol. The zero-order valence-electron chi connectivity index (χ0n) is 11.2. The van der Waals surface area contributed by atoms with Crippen LogP contribution in [0.15, 0.2) is 0 Å². The number of rotatable bonds is 8. The highest BCUT2D eigenvalue weighted by Gasteiger charge is 2.34. The van der Waals surface area contributed by atoms with Crippen LogP contribution >= 0.6 is 0 Å². The van der Waals surface area contributed by atoms with Gasteiger partial charge in [0.25, 0.3) is 0 Å². The molecule has 5 heteroatoms. The lowest BCUT2D eigenvalue weighted by atomic mass is 10.1. The van der Waals surface area contributed by atoms with Crippen molar-refractivity contribution >= 4 is 0 Å². The Labute approximate surface area is 108 Å². The van der Waals surface area contributed by atoms with Gasteiger partial charge in [-0.2, -0.15) is 13.2 Å². The number of hydrogen-bond acceptors (Lipinski definition) is 2. The molecule has 0 aromatic carbocycles. The van der Waals surface area contributed by atoms with Gasteiger partial charge >= 0.3 is 6.18 Å². The molecule has 1 fully saturated rings. The van der Waals surface area contributed by atoms with Crippen molar-refractivity contribution in [3.8, 4) is 0 Å². The van der Waals surface area contributed by atoms with Crippen LogP contribution in [0.25, 0.3) is 0 Å². The van der Waals surface area contributed by atoms with Gasteiger partial charge in [0, 0.05) is 6.54 Å². The molecule has 0 bridgehead atoms. The molecule has 1 unspecified atom stereocenters. The smallest absolute Gasteiger partial charge is 0.316 e. The molecule has 1 aliphatic heterocycles. The summed E-state index contributed by atoms with van der Waals surface area (Å²) in [5.74, 6) is 0.388. The van der Waals surface area contributed by atoms with E-state index in [1.165, 1.54) is 30.6 Å². The summed E-state index contributed by atoms with van der Waals surface area (Å²) in [6.45, 7) is 4.46. The average molecular weight is 266 g/mol. The molecule has 1 aliphatic rings. The van der Waals surface area contributed by atoms with Crippen molar-refractivity contribution in [3.05, 3.63) is 0 Å². The molecule has 1 atom stereocenters. The molecule has 1 saturated heterocycles. The fourth-order valence-corrected chi connectivity index (χ4v) is 2.46. The Balaban J connectivity index is 2.01. The topological polar surface area (TPSA) is 15.3 Å². The molecule has 1 N–H and O–H groups in total. The summed E-state index contributed by atoms with van der Waals surface area (Å²) < 4.78 is 36.6. The third-order valence-corrected chi connectivity index (χ3v) is 3.41. The molecule has 0 aromatic rings. The highest BCUT2D eigenvalue weighted by molar-refractivity contribution is 4.78. The van der Waals surface area contributed by atoms with E-state index in [0.717, 1.165) is 19.5 Å². The van der Waals surface area contributed by atoms with Gasteiger partial charge in [-0.25, -0.2) is 0 Å². The van der Waals surface area contributed by atoms with Crippen molar-refractivity contribution in [1.82, 2.24) is 10.2 Å². The maximum absolute atomic E-state index is 12.2. The van der Waals surface area contributed by atoms with E-state index in [1.54, 1.807) is 0 Å². The highest BCUT2D eigenvalue weighted by atomic mass is 19.4. The standard InChI is InChI=1S/C13H25F3N2/c1-2-3-4-5-7-17-9-12-6-8-18(10-12)11-13(14,15)16/h12,17H,2-11H2,1H3. The first-order valence-corrected chi connectivity index (χ1v) is 7.01. The van der Waals surface area contributed by atoms with Crippen LogP contribution in [0.3, 0.4) is 0 Å². The summed E-state index contributed by atoms with van der Waals surface area (Å²) >= 11 is 0. The molecule has 1 rings (SSSR count). The number of likely N-dealkylation sites (tertiary alicyclic amines) is 1. The van der Waals surface area contributed by atoms with Crippen LogP contribution in [0, 0.1) is 5.92 Å². The first kappa shape index (κ1) is 15.8. The predicted octanol–water partition coefficient (Wildman–Crippen LogP) is 3.04. The van der Waals surface area contributed by atoms with Gasteiger partial charge in [-0.1, -0.05) is 26.2 Å². The first-order chi connectivity index (χ1) is 8.51. The third kappa shape index (κ3) is 7.21. The number of alkyl halides is 3. The summed E-state index contributed by atoms with van der Waals surface area (Å²) in [6, 6.07) is 0. The van der Waals surface area contributed by atoms with Gasteiger partial charge in [-0.15, -0.1) is 0 Å². The maximum Gasteiger partial charge on any atom is 0.401 e. The number of halogens is 3. The maximum atomic E-state index is 12.2. The van der Waals surface area contributed by atoms with Gasteiger partial charge in [0.15, 0.2) is 0 Å². The second kappa shape index (κ2) is 8.00. The Hall–Kier alpha value is -0.290. The van der Waals surface area contributed by atoms with Crippen LogP contribution < -0.4 is 5.32 Å². The quantitative estimate of drug-likeness (QED) is 0.679. The average Bonchev–Trinajstić information content (AvgIpc) is 2.68. The minimum Gasteiger partial charge on any atom is -0.316 e. The van der Waals surface area contributed by atoms with E-state index in [2.05, 4.69) is 12.2 Å². The van der Waals surface area contributed by atoms with Gasteiger partial charge in [0.1, 0.15) is 0 Å². The van der Waals surface area contributed by atoms with Crippen LogP contribution in [0.2, 0.25) is 0 Å². The summed E-state index contributed by atoms with van der Waals surface area (Å²) in [7, 11) is 0. The van der Waals surface area contributed by atoms with E-state index in [-0.39, 0.29) is 0 Å². The summed E-state index contributed by atoms with van der Waals surface area (Å²) in [4.78, 5) is 1.52. The van der Waals surface area contributed by atoms with Crippen LogP contribution in [-0.4, -0.2) is 43.8 Å². The van der Waals surface area contributed by atoms with E-state index >= 15 is 0 Å². The lowest BCUT2D eigenvalue weighted by Gasteiger charge is -2.18. The van der Waals surface area contributed by atoms with E-state index < -0.39 is 12.7 Å². The van der Waals surface area contributed by atoms with Gasteiger partial charge in [-0.3, -0.25) is 4.90 Å². The molecule has 0 aromatic heterocycles. The second-order valence-corrected chi connectivity index (χ2v) is 5.27. The lowest BCUT2D eigenvalue weighted by molar-refractivity contribution is -0.143. The van der Waals surface area contributed by atoms with E-state index in [1.807, 2.05) is 0 Å². The van der Waals surface area contributed by atoms with Crippen molar-refractivity contribution in [2.75, 3.05) is 32.7 Å². The molecule has 108 valence electrons. The minimum absolute atomic E-state index is 0.388. The molecule has 1 heterocycles. The van der Waals surface area contributed by atoms with E-state index in [9.17, 15) is 13.2 Å². The number of hydrogen-bond donors (Lipinski definition) is 1. The van der Waals surface area contributed by atoms with Crippen molar-refractivity contribution in [2.45, 2.75) is 45.2 Å². The highest BCUT2D eigenvalue weighted by Crippen LogP contribution is 2.22. The van der Waals surface area contributed by atoms with Gasteiger partial charge in [0.05, 0.1) is 6.54 Å². The molecule has 0 radical (unpaired) electrons. The molecule has 2 nitrogen and oxygen atoms in total. The molecule has 0 saturated carbocycles. The summed E-state index contributed by atoms with van der Waals surface area (Å²) in [5, 5.41) is 3.36. The minimum atomic E-state index is -4.05. The Bertz CT molecular complexity index is 219. The van der Waals surface area contributed by atoms with Gasteiger partial charge in [0.2, 0.25) is 0 Å². The first-order valence-electron chi connectivity index (χ1n) is 7.01. The molecule has 0 aliphatic carbocycles. The molecular weight excluding hydrogens is 241 g/mol. The fourth-order valence-electron chi connectivity index (χ4n) is 2.46. The molecule has 18 heavy (non-hydrogen) atoms. The van der Waals surface area contributed by atoms with Crippen LogP contribution in [-0.2, 0) is 0 Å². The second-order valence-electron chi connectivity index (χ2n) is 5.27. The molecular formula is C13H25F3N2. The fraction of sp³-hybridized carbons (Fsp3) is 1.00. The van der Waals surface area contributed by atoms with Crippen molar-refractivity contribution in [3.63, 3.8) is 0 Å². The summed E-state index contributed by atoms with van der Waals surface area (Å²) in [5.41, 5.74) is 0. The van der Waals surface area contributed by atoms with E-state index in [4.69, 9.17) is 0 Å². The summed E-state index contributed by atoms with van der Waals surface area (Å²) in [6.07, 6.45) is 1.75. The number of nitrogens with one attached hydrogen (secondary N) is 1. The molecule has 0 amide bonds. The Morgan fingerprint density at radius 1 is 1.22 bits per heavy atom. The van der Waals surface area contributed by atoms with Crippen molar-refractivity contribution in [1.29, 1.82) is 0 Å². The SMILES string of the molecule is CCCCCCNCC1CCN(CC(F)(F)F)C1. The lowest BCUT2D eigenvalue weighted by Crippen LogP contribution is -2.33. The third-order valence-electron chi connectivity index (χ3n) is 3.41. The van der Waals surface area contributed by atoms with Gasteiger partial charge in [-0.05, 0) is 38.4 Å². The number of unbranched alkanes of at least 4 members (excludes halogenated alkanes) is 3. The Morgan fingerprint density at radius 3 is 2.67 bits per heavy atom. The molecule has 0 spiro atoms. The Kier molecular flexibility index (Phi) is 7.00. The largest absolute Gasteiger partial charge is 0.401 e. The van der Waals surface area contributed by atoms with Crippen LogP contribution in [0.5, 0.6) is 0 Å². The van der Waals surface area contributed by atoms with Crippen LogP contribution in [0.4, 0.5) is 13.2 Å². The van der Waals surface area contributed by atoms with Crippen molar-refractivity contribution in [2.24, 2.45) is 5.92 Å². The number of nitrogens with zero attached hydrogens (tertiary/aromatic N) is 1. The van der Waals surface area contributed by atoms with Gasteiger partial charge < -0.3 is 5.32 Å². The zero-order valence-corrected chi connectivity index (χ0v) is 11.2. The normalized spacial score (nSPS) is 21.7. The zero-order chi connectivity index (χ0) is 13.4. The van der Waals surface area contributed by atoms with Crippen molar-refractivity contribution < 1.29 is 13.2 Å². The predicted molar refractivity (Wildman–Crippen MR) is 67.6 cm³/mol. The van der Waals surface area contributed by atoms with E-state index in [0.29, 0.717) is 19.0 Å². The Morgan fingerprint density at radius 2 is 2.00 bits per heavy atom. The van der Waals surface area contributed by atoms with Crippen LogP contribution in [0.1, 0.15) is 39.0 Å².